The Morgan fingerprint density at radius 3 is 3.06 bits per heavy atom. The molecule has 4 heteroatoms. The van der Waals surface area contributed by atoms with E-state index in [1.165, 1.54) is 12.0 Å². The fourth-order valence-electron chi connectivity index (χ4n) is 2.37. The number of aromatic nitrogens is 1. The van der Waals surface area contributed by atoms with Crippen molar-refractivity contribution in [3.63, 3.8) is 0 Å². The van der Waals surface area contributed by atoms with Crippen LogP contribution in [0.1, 0.15) is 17.7 Å². The van der Waals surface area contributed by atoms with Gasteiger partial charge in [-0.25, -0.2) is 0 Å². The minimum atomic E-state index is 0.666. The maximum absolute atomic E-state index is 8.89. The van der Waals surface area contributed by atoms with Gasteiger partial charge in [-0.15, -0.1) is 0 Å². The number of ether oxygens (including phenoxy) is 1. The van der Waals surface area contributed by atoms with E-state index in [9.17, 15) is 0 Å². The molecule has 2 rings (SSSR count). The third-order valence-electron chi connectivity index (χ3n) is 3.22. The summed E-state index contributed by atoms with van der Waals surface area (Å²) in [6, 6.07) is 4.15. The van der Waals surface area contributed by atoms with Crippen LogP contribution in [-0.4, -0.2) is 36.3 Å². The lowest BCUT2D eigenvalue weighted by molar-refractivity contribution is 0.173. The second kappa shape index (κ2) is 5.35. The molecule has 1 atom stereocenters. The highest BCUT2D eigenvalue weighted by Crippen LogP contribution is 2.15. The van der Waals surface area contributed by atoms with Gasteiger partial charge in [0, 0.05) is 32.9 Å². The van der Waals surface area contributed by atoms with Crippen molar-refractivity contribution in [2.75, 3.05) is 26.8 Å². The first-order chi connectivity index (χ1) is 8.19. The summed E-state index contributed by atoms with van der Waals surface area (Å²) in [7, 11) is 4.03. The lowest BCUT2D eigenvalue weighted by Gasteiger charge is -2.19. The van der Waals surface area contributed by atoms with Crippen LogP contribution in [0.3, 0.4) is 0 Å². The molecular formula is C13H19N3O. The van der Waals surface area contributed by atoms with Gasteiger partial charge in [-0.2, -0.15) is 5.26 Å². The molecule has 1 aromatic rings. The van der Waals surface area contributed by atoms with Gasteiger partial charge in [0.25, 0.3) is 0 Å². The molecule has 1 aromatic heterocycles. The molecule has 0 unspecified atom stereocenters. The first-order valence-corrected chi connectivity index (χ1v) is 6.00. The first kappa shape index (κ1) is 12.2. The van der Waals surface area contributed by atoms with E-state index in [1.54, 1.807) is 0 Å². The zero-order chi connectivity index (χ0) is 12.3. The van der Waals surface area contributed by atoms with Crippen LogP contribution in [0, 0.1) is 17.2 Å². The number of nitriles is 1. The van der Waals surface area contributed by atoms with E-state index in [4.69, 9.17) is 10.00 Å². The highest BCUT2D eigenvalue weighted by molar-refractivity contribution is 5.28. The molecule has 1 saturated heterocycles. The van der Waals surface area contributed by atoms with Crippen LogP contribution in [0.25, 0.3) is 0 Å². The predicted octanol–water partition coefficient (Wildman–Crippen LogP) is 1.37. The fourth-order valence-corrected chi connectivity index (χ4v) is 2.37. The average Bonchev–Trinajstić information content (AvgIpc) is 2.88. The first-order valence-electron chi connectivity index (χ1n) is 6.00. The van der Waals surface area contributed by atoms with Gasteiger partial charge >= 0.3 is 0 Å². The topological polar surface area (TPSA) is 41.2 Å². The van der Waals surface area contributed by atoms with Crippen molar-refractivity contribution in [2.45, 2.75) is 13.0 Å². The molecule has 0 aliphatic carbocycles. The number of rotatable bonds is 4. The summed E-state index contributed by atoms with van der Waals surface area (Å²) in [6.07, 6.45) is 3.20. The van der Waals surface area contributed by atoms with Crippen molar-refractivity contribution in [2.24, 2.45) is 13.0 Å². The summed E-state index contributed by atoms with van der Waals surface area (Å²) < 4.78 is 7.25. The summed E-state index contributed by atoms with van der Waals surface area (Å²) in [5.74, 6) is 0.666. The molecule has 1 aliphatic rings. The molecule has 4 nitrogen and oxygen atoms in total. The highest BCUT2D eigenvalue weighted by Gasteiger charge is 2.17. The van der Waals surface area contributed by atoms with Crippen LogP contribution in [0.15, 0.2) is 12.3 Å². The lowest BCUT2D eigenvalue weighted by Crippen LogP contribution is -2.25. The molecule has 0 amide bonds. The van der Waals surface area contributed by atoms with Crippen LogP contribution in [0.4, 0.5) is 0 Å². The van der Waals surface area contributed by atoms with Gasteiger partial charge in [0.15, 0.2) is 0 Å². The summed E-state index contributed by atoms with van der Waals surface area (Å²) in [4.78, 5) is 2.30. The minimum Gasteiger partial charge on any atom is -0.381 e. The molecule has 0 radical (unpaired) electrons. The second-order valence-electron chi connectivity index (χ2n) is 4.88. The molecule has 17 heavy (non-hydrogen) atoms. The van der Waals surface area contributed by atoms with Crippen molar-refractivity contribution in [3.8, 4) is 6.07 Å². The van der Waals surface area contributed by atoms with Crippen LogP contribution >= 0.6 is 0 Å². The minimum absolute atomic E-state index is 0.666. The number of hydrogen-bond acceptors (Lipinski definition) is 3. The maximum Gasteiger partial charge on any atom is 0.120 e. The summed E-state index contributed by atoms with van der Waals surface area (Å²) >= 11 is 0. The lowest BCUT2D eigenvalue weighted by atomic mass is 10.1. The molecule has 0 spiro atoms. The molecule has 0 aromatic carbocycles. The highest BCUT2D eigenvalue weighted by atomic mass is 16.5. The zero-order valence-corrected chi connectivity index (χ0v) is 10.5. The smallest absolute Gasteiger partial charge is 0.120 e. The molecule has 0 saturated carbocycles. The quantitative estimate of drug-likeness (QED) is 0.788. The molecule has 92 valence electrons. The van der Waals surface area contributed by atoms with Gasteiger partial charge in [-0.1, -0.05) is 0 Å². The number of hydrogen-bond donors (Lipinski definition) is 0. The second-order valence-corrected chi connectivity index (χ2v) is 4.88. The van der Waals surface area contributed by atoms with Gasteiger partial charge in [-0.3, -0.25) is 0 Å². The van der Waals surface area contributed by atoms with Crippen molar-refractivity contribution < 1.29 is 4.74 Å². The predicted molar refractivity (Wildman–Crippen MR) is 65.4 cm³/mol. The molecule has 1 aliphatic heterocycles. The summed E-state index contributed by atoms with van der Waals surface area (Å²) in [5, 5.41) is 8.89. The van der Waals surface area contributed by atoms with E-state index in [-0.39, 0.29) is 0 Å². The molecule has 0 bridgehead atoms. The van der Waals surface area contributed by atoms with E-state index < -0.39 is 0 Å². The number of aryl methyl sites for hydroxylation is 1. The Balaban J connectivity index is 1.88. The zero-order valence-electron chi connectivity index (χ0n) is 10.5. The van der Waals surface area contributed by atoms with Gasteiger partial charge < -0.3 is 14.2 Å². The molecule has 1 fully saturated rings. The third kappa shape index (κ3) is 3.09. The van der Waals surface area contributed by atoms with Crippen molar-refractivity contribution in [3.05, 3.63) is 23.5 Å². The van der Waals surface area contributed by atoms with Crippen molar-refractivity contribution >= 4 is 0 Å². The maximum atomic E-state index is 8.89. The molecular weight excluding hydrogens is 214 g/mol. The molecule has 0 N–H and O–H groups in total. The van der Waals surface area contributed by atoms with E-state index in [0.717, 1.165) is 32.0 Å². The van der Waals surface area contributed by atoms with Crippen LogP contribution in [-0.2, 0) is 18.3 Å². The Labute approximate surface area is 102 Å². The van der Waals surface area contributed by atoms with Gasteiger partial charge in [0.2, 0.25) is 0 Å². The van der Waals surface area contributed by atoms with Gasteiger partial charge in [-0.05, 0) is 31.0 Å². The largest absolute Gasteiger partial charge is 0.381 e. The third-order valence-corrected chi connectivity index (χ3v) is 3.22. The average molecular weight is 233 g/mol. The molecule has 2 heterocycles. The van der Waals surface area contributed by atoms with Crippen molar-refractivity contribution in [1.82, 2.24) is 9.47 Å². The van der Waals surface area contributed by atoms with Crippen LogP contribution in [0.5, 0.6) is 0 Å². The number of nitrogens with zero attached hydrogens (tertiary/aromatic N) is 3. The summed E-state index contributed by atoms with van der Waals surface area (Å²) in [5.41, 5.74) is 1.92. The standard InChI is InChI=1S/C13H19N3O/c1-15(7-11-3-4-17-10-11)8-12-5-13(6-14)16(2)9-12/h5,9,11H,3-4,7-8,10H2,1-2H3/t11-/m0/s1. The van der Waals surface area contributed by atoms with Gasteiger partial charge in [0.1, 0.15) is 11.8 Å². The fraction of sp³-hybridized carbons (Fsp3) is 0.615. The monoisotopic (exact) mass is 233 g/mol. The van der Waals surface area contributed by atoms with Crippen molar-refractivity contribution in [1.29, 1.82) is 5.26 Å². The van der Waals surface area contributed by atoms with E-state index >= 15 is 0 Å². The van der Waals surface area contributed by atoms with Crippen LogP contribution < -0.4 is 0 Å². The normalized spacial score (nSPS) is 19.8. The Morgan fingerprint density at radius 2 is 2.47 bits per heavy atom. The SMILES string of the molecule is CN(Cc1cc(C#N)n(C)c1)C[C@@H]1CCOC1. The van der Waals surface area contributed by atoms with E-state index in [0.29, 0.717) is 5.92 Å². The Bertz CT molecular complexity index is 413. The van der Waals surface area contributed by atoms with Gasteiger partial charge in [0.05, 0.1) is 6.61 Å². The van der Waals surface area contributed by atoms with Crippen LogP contribution in [0.2, 0.25) is 0 Å². The Morgan fingerprint density at radius 1 is 1.65 bits per heavy atom. The van der Waals surface area contributed by atoms with E-state index in [2.05, 4.69) is 18.0 Å². The summed E-state index contributed by atoms with van der Waals surface area (Å²) in [6.45, 7) is 3.76. The Kier molecular flexibility index (Phi) is 3.82. The Hall–Kier alpha value is -1.31. The van der Waals surface area contributed by atoms with E-state index in [1.807, 2.05) is 23.9 Å².